The molecule has 0 saturated heterocycles. The van der Waals surface area contributed by atoms with Gasteiger partial charge in [-0.15, -0.1) is 0 Å². The quantitative estimate of drug-likeness (QED) is 0.169. The molecule has 0 unspecified atom stereocenters. The second-order valence-corrected chi connectivity index (χ2v) is 13.4. The highest BCUT2D eigenvalue weighted by Gasteiger charge is 2.09. The van der Waals surface area contributed by atoms with Crippen molar-refractivity contribution < 1.29 is 0 Å². The maximum atomic E-state index is 2.33. The minimum Gasteiger partial charge on any atom is -0.0616 e. The van der Waals surface area contributed by atoms with Crippen LogP contribution in [0.25, 0.3) is 98.4 Å². The SMILES string of the molecule is c1ccc2cc(-c3ccc(-c4ccc5cc(-c6ccc7c(ccc8cc(-c9ccc%10ccccc%10c9)ccc87)c6)ccc5c4)cc3)ccc2c1. The summed E-state index contributed by atoms with van der Waals surface area (Å²) in [5.41, 5.74) is 9.91. The third-order valence-electron chi connectivity index (χ3n) is 10.4. The number of hydrogen-bond acceptors (Lipinski definition) is 0. The Balaban J connectivity index is 0.926. The van der Waals surface area contributed by atoms with E-state index in [2.05, 4.69) is 194 Å². The molecule has 0 heterocycles. The molecule has 0 aliphatic rings. The predicted octanol–water partition coefficient (Wildman–Crippen LogP) is 14.1. The van der Waals surface area contributed by atoms with Gasteiger partial charge in [-0.1, -0.05) is 158 Å². The zero-order valence-electron chi connectivity index (χ0n) is 27.5. The van der Waals surface area contributed by atoms with E-state index in [1.165, 1.54) is 98.4 Å². The average molecular weight is 633 g/mol. The molecule has 0 aliphatic heterocycles. The van der Waals surface area contributed by atoms with E-state index in [1.807, 2.05) is 0 Å². The minimum absolute atomic E-state index is 1.23. The number of hydrogen-bond donors (Lipinski definition) is 0. The molecule has 0 bridgehead atoms. The van der Waals surface area contributed by atoms with Crippen molar-refractivity contribution in [1.29, 1.82) is 0 Å². The summed E-state index contributed by atoms with van der Waals surface area (Å²) in [4.78, 5) is 0. The van der Waals surface area contributed by atoms with Crippen molar-refractivity contribution in [3.63, 3.8) is 0 Å². The van der Waals surface area contributed by atoms with E-state index in [1.54, 1.807) is 0 Å². The van der Waals surface area contributed by atoms with E-state index < -0.39 is 0 Å². The van der Waals surface area contributed by atoms with Crippen molar-refractivity contribution in [1.82, 2.24) is 0 Å². The van der Waals surface area contributed by atoms with Crippen LogP contribution in [-0.2, 0) is 0 Å². The standard InChI is InChI=1S/C50H32/c1-3-7-37-27-39(15-13-33(37)5-1)35-9-11-36(12-10-35)40-17-18-43-30-44(20-19-42(43)29-40)46-24-26-50-48(32-46)22-21-47-31-45(23-25-49(47)50)41-16-14-34-6-2-4-8-38(34)28-41/h1-32H. The molecule has 0 spiro atoms. The summed E-state index contributed by atoms with van der Waals surface area (Å²) >= 11 is 0. The van der Waals surface area contributed by atoms with Crippen molar-refractivity contribution in [3.8, 4) is 44.5 Å². The van der Waals surface area contributed by atoms with E-state index in [-0.39, 0.29) is 0 Å². The van der Waals surface area contributed by atoms with Crippen LogP contribution in [0.5, 0.6) is 0 Å². The van der Waals surface area contributed by atoms with Gasteiger partial charge in [0.25, 0.3) is 0 Å². The van der Waals surface area contributed by atoms with Crippen LogP contribution < -0.4 is 0 Å². The van der Waals surface area contributed by atoms with Crippen LogP contribution in [0, 0.1) is 0 Å². The second kappa shape index (κ2) is 11.6. The second-order valence-electron chi connectivity index (χ2n) is 13.4. The van der Waals surface area contributed by atoms with Gasteiger partial charge in [0.05, 0.1) is 0 Å². The van der Waals surface area contributed by atoms with E-state index >= 15 is 0 Å². The van der Waals surface area contributed by atoms with Crippen LogP contribution in [-0.4, -0.2) is 0 Å². The van der Waals surface area contributed by atoms with Crippen molar-refractivity contribution in [2.45, 2.75) is 0 Å². The molecule has 0 nitrogen and oxygen atoms in total. The third-order valence-corrected chi connectivity index (χ3v) is 10.4. The Kier molecular flexibility index (Phi) is 6.60. The molecule has 10 rings (SSSR count). The van der Waals surface area contributed by atoms with Gasteiger partial charge >= 0.3 is 0 Å². The Morgan fingerprint density at radius 3 is 0.800 bits per heavy atom. The average Bonchev–Trinajstić information content (AvgIpc) is 3.19. The largest absolute Gasteiger partial charge is 0.0616 e. The molecular formula is C50H32. The van der Waals surface area contributed by atoms with Gasteiger partial charge in [0.2, 0.25) is 0 Å². The lowest BCUT2D eigenvalue weighted by atomic mass is 9.93. The lowest BCUT2D eigenvalue weighted by Crippen LogP contribution is -1.85. The third kappa shape index (κ3) is 5.02. The van der Waals surface area contributed by atoms with E-state index in [0.717, 1.165) is 0 Å². The van der Waals surface area contributed by atoms with Crippen molar-refractivity contribution >= 4 is 53.9 Å². The highest BCUT2D eigenvalue weighted by Crippen LogP contribution is 2.35. The first kappa shape index (κ1) is 28.5. The zero-order valence-corrected chi connectivity index (χ0v) is 27.5. The van der Waals surface area contributed by atoms with Gasteiger partial charge in [-0.2, -0.15) is 0 Å². The van der Waals surface area contributed by atoms with Crippen LogP contribution in [0.3, 0.4) is 0 Å². The molecule has 0 fully saturated rings. The van der Waals surface area contributed by atoms with Gasteiger partial charge in [0, 0.05) is 0 Å². The Morgan fingerprint density at radius 2 is 0.400 bits per heavy atom. The molecule has 10 aromatic carbocycles. The topological polar surface area (TPSA) is 0 Å². The number of rotatable bonds is 4. The molecule has 0 aliphatic carbocycles. The van der Waals surface area contributed by atoms with Gasteiger partial charge in [-0.3, -0.25) is 0 Å². The maximum Gasteiger partial charge on any atom is -0.0105 e. The summed E-state index contributed by atoms with van der Waals surface area (Å²) in [6.07, 6.45) is 0. The summed E-state index contributed by atoms with van der Waals surface area (Å²) in [5, 5.41) is 12.7. The monoisotopic (exact) mass is 632 g/mol. The lowest BCUT2D eigenvalue weighted by molar-refractivity contribution is 1.61. The van der Waals surface area contributed by atoms with Gasteiger partial charge in [0.15, 0.2) is 0 Å². The van der Waals surface area contributed by atoms with Gasteiger partial charge in [-0.25, -0.2) is 0 Å². The highest BCUT2D eigenvalue weighted by atomic mass is 14.1. The van der Waals surface area contributed by atoms with Crippen molar-refractivity contribution in [2.75, 3.05) is 0 Å². The Hall–Kier alpha value is -6.50. The van der Waals surface area contributed by atoms with Crippen LogP contribution in [0.1, 0.15) is 0 Å². The minimum atomic E-state index is 1.23. The predicted molar refractivity (Wildman–Crippen MR) is 216 cm³/mol. The Bertz CT molecular complexity index is 2910. The molecule has 0 atom stereocenters. The van der Waals surface area contributed by atoms with Crippen LogP contribution >= 0.6 is 0 Å². The fraction of sp³-hybridized carbons (Fsp3) is 0. The lowest BCUT2D eigenvalue weighted by Gasteiger charge is -2.11. The summed E-state index contributed by atoms with van der Waals surface area (Å²) in [5.74, 6) is 0. The number of benzene rings is 10. The first-order valence-corrected chi connectivity index (χ1v) is 17.3. The summed E-state index contributed by atoms with van der Waals surface area (Å²) in [6.45, 7) is 0. The summed E-state index contributed by atoms with van der Waals surface area (Å²) in [6, 6.07) is 71.4. The normalized spacial score (nSPS) is 11.6. The first-order chi connectivity index (χ1) is 24.7. The van der Waals surface area contributed by atoms with Crippen LogP contribution in [0.15, 0.2) is 194 Å². The fourth-order valence-corrected chi connectivity index (χ4v) is 7.63. The van der Waals surface area contributed by atoms with E-state index in [9.17, 15) is 0 Å². The van der Waals surface area contributed by atoms with Gasteiger partial charge < -0.3 is 0 Å². The Morgan fingerprint density at radius 1 is 0.160 bits per heavy atom. The number of fused-ring (bicyclic) bond motifs is 6. The molecule has 232 valence electrons. The molecule has 0 radical (unpaired) electrons. The van der Waals surface area contributed by atoms with E-state index in [4.69, 9.17) is 0 Å². The van der Waals surface area contributed by atoms with Crippen molar-refractivity contribution in [2.24, 2.45) is 0 Å². The first-order valence-electron chi connectivity index (χ1n) is 17.3. The molecule has 0 heteroatoms. The fourth-order valence-electron chi connectivity index (χ4n) is 7.63. The maximum absolute atomic E-state index is 2.33. The molecule has 50 heavy (non-hydrogen) atoms. The molecular weight excluding hydrogens is 601 g/mol. The Labute approximate surface area is 291 Å². The van der Waals surface area contributed by atoms with Gasteiger partial charge in [0.1, 0.15) is 0 Å². The molecule has 0 N–H and O–H groups in total. The van der Waals surface area contributed by atoms with Gasteiger partial charge in [-0.05, 0) is 135 Å². The summed E-state index contributed by atoms with van der Waals surface area (Å²) < 4.78 is 0. The molecule has 0 saturated carbocycles. The van der Waals surface area contributed by atoms with Crippen molar-refractivity contribution in [3.05, 3.63) is 194 Å². The van der Waals surface area contributed by atoms with E-state index in [0.29, 0.717) is 0 Å². The summed E-state index contributed by atoms with van der Waals surface area (Å²) in [7, 11) is 0. The highest BCUT2D eigenvalue weighted by molar-refractivity contribution is 6.09. The molecule has 0 amide bonds. The zero-order chi connectivity index (χ0) is 33.0. The molecule has 10 aromatic rings. The molecule has 0 aromatic heterocycles. The smallest absolute Gasteiger partial charge is 0.0105 e. The van der Waals surface area contributed by atoms with Crippen LogP contribution in [0.2, 0.25) is 0 Å². The van der Waals surface area contributed by atoms with Crippen LogP contribution in [0.4, 0.5) is 0 Å².